The third-order valence-corrected chi connectivity index (χ3v) is 4.15. The van der Waals surface area contributed by atoms with Gasteiger partial charge in [-0.1, -0.05) is 12.1 Å². The van der Waals surface area contributed by atoms with E-state index in [1.807, 2.05) is 17.0 Å². The summed E-state index contributed by atoms with van der Waals surface area (Å²) in [5.41, 5.74) is 1.63. The number of piperazine rings is 1. The summed E-state index contributed by atoms with van der Waals surface area (Å²) in [6.07, 6.45) is 0.778. The van der Waals surface area contributed by atoms with E-state index in [9.17, 15) is 14.4 Å². The molecular weight excluding hydrogens is 318 g/mol. The van der Waals surface area contributed by atoms with Gasteiger partial charge in [-0.3, -0.25) is 19.7 Å². The summed E-state index contributed by atoms with van der Waals surface area (Å²) in [5, 5.41) is 5.53. The Morgan fingerprint density at radius 2 is 1.78 bits per heavy atom. The SMILES string of the molecule is Cl.O=C1CC(Cc2ccc(C(=O)N3CCNCC3)cc2)C(=O)N1. The lowest BCUT2D eigenvalue weighted by molar-refractivity contribution is -0.125. The van der Waals surface area contributed by atoms with Crippen molar-refractivity contribution in [1.82, 2.24) is 15.5 Å². The molecule has 23 heavy (non-hydrogen) atoms. The fourth-order valence-corrected chi connectivity index (χ4v) is 2.89. The Balaban J connectivity index is 0.00000192. The molecule has 0 spiro atoms. The van der Waals surface area contributed by atoms with Crippen LogP contribution in [0, 0.1) is 5.92 Å². The van der Waals surface area contributed by atoms with Gasteiger partial charge in [-0.25, -0.2) is 0 Å². The van der Waals surface area contributed by atoms with Crippen LogP contribution in [0.4, 0.5) is 0 Å². The highest BCUT2D eigenvalue weighted by atomic mass is 35.5. The van der Waals surface area contributed by atoms with Gasteiger partial charge in [-0.2, -0.15) is 0 Å². The highest BCUT2D eigenvalue weighted by molar-refractivity contribution is 6.03. The van der Waals surface area contributed by atoms with E-state index in [0.717, 1.165) is 31.7 Å². The number of carbonyl (C=O) groups is 3. The van der Waals surface area contributed by atoms with E-state index in [0.29, 0.717) is 12.0 Å². The molecule has 0 aliphatic carbocycles. The van der Waals surface area contributed by atoms with E-state index in [1.165, 1.54) is 0 Å². The highest BCUT2D eigenvalue weighted by Crippen LogP contribution is 2.18. The first-order valence-electron chi connectivity index (χ1n) is 7.56. The minimum Gasteiger partial charge on any atom is -0.336 e. The number of amides is 3. The molecule has 1 aromatic rings. The molecule has 2 aliphatic heterocycles. The second kappa shape index (κ2) is 7.57. The molecule has 0 bridgehead atoms. The van der Waals surface area contributed by atoms with Crippen molar-refractivity contribution in [3.05, 3.63) is 35.4 Å². The average Bonchev–Trinajstić information content (AvgIpc) is 2.86. The Morgan fingerprint density at radius 1 is 1.13 bits per heavy atom. The van der Waals surface area contributed by atoms with Crippen LogP contribution in [0.3, 0.4) is 0 Å². The lowest BCUT2D eigenvalue weighted by Gasteiger charge is -2.27. The minimum absolute atomic E-state index is 0. The highest BCUT2D eigenvalue weighted by Gasteiger charge is 2.30. The number of benzene rings is 1. The summed E-state index contributed by atoms with van der Waals surface area (Å²) >= 11 is 0. The zero-order valence-corrected chi connectivity index (χ0v) is 13.5. The predicted octanol–water partition coefficient (Wildman–Crippen LogP) is 0.359. The second-order valence-electron chi connectivity index (χ2n) is 5.76. The number of rotatable bonds is 3. The summed E-state index contributed by atoms with van der Waals surface area (Å²) < 4.78 is 0. The fraction of sp³-hybridized carbons (Fsp3) is 0.438. The second-order valence-corrected chi connectivity index (χ2v) is 5.76. The number of carbonyl (C=O) groups excluding carboxylic acids is 3. The number of nitrogens with zero attached hydrogens (tertiary/aromatic N) is 1. The number of hydrogen-bond donors (Lipinski definition) is 2. The fourth-order valence-electron chi connectivity index (χ4n) is 2.89. The van der Waals surface area contributed by atoms with Gasteiger partial charge in [0.1, 0.15) is 0 Å². The van der Waals surface area contributed by atoms with Crippen molar-refractivity contribution in [1.29, 1.82) is 0 Å². The molecule has 1 atom stereocenters. The van der Waals surface area contributed by atoms with Crippen LogP contribution in [0.2, 0.25) is 0 Å². The zero-order chi connectivity index (χ0) is 15.5. The van der Waals surface area contributed by atoms with E-state index in [4.69, 9.17) is 0 Å². The molecule has 7 heteroatoms. The van der Waals surface area contributed by atoms with E-state index in [1.54, 1.807) is 12.1 Å². The third kappa shape index (κ3) is 4.09. The number of imide groups is 1. The first kappa shape index (κ1) is 17.4. The Hall–Kier alpha value is -1.92. The normalized spacial score (nSPS) is 20.9. The maximum atomic E-state index is 12.3. The minimum atomic E-state index is -0.290. The molecule has 3 rings (SSSR count). The molecule has 1 aromatic carbocycles. The molecule has 0 radical (unpaired) electrons. The summed E-state index contributed by atoms with van der Waals surface area (Å²) in [7, 11) is 0. The lowest BCUT2D eigenvalue weighted by atomic mass is 9.97. The molecule has 2 fully saturated rings. The van der Waals surface area contributed by atoms with Crippen molar-refractivity contribution in [2.75, 3.05) is 26.2 Å². The molecule has 0 saturated carbocycles. The Morgan fingerprint density at radius 3 is 2.35 bits per heavy atom. The first-order valence-corrected chi connectivity index (χ1v) is 7.56. The maximum Gasteiger partial charge on any atom is 0.253 e. The van der Waals surface area contributed by atoms with Gasteiger partial charge >= 0.3 is 0 Å². The van der Waals surface area contributed by atoms with Crippen molar-refractivity contribution in [3.63, 3.8) is 0 Å². The molecule has 2 aliphatic rings. The summed E-state index contributed by atoms with van der Waals surface area (Å²) in [4.78, 5) is 36.9. The Labute approximate surface area is 141 Å². The summed E-state index contributed by atoms with van der Waals surface area (Å²) in [6.45, 7) is 3.11. The molecule has 2 heterocycles. The van der Waals surface area contributed by atoms with Gasteiger partial charge in [0.25, 0.3) is 5.91 Å². The average molecular weight is 338 g/mol. The van der Waals surface area contributed by atoms with Gasteiger partial charge in [0.2, 0.25) is 11.8 Å². The third-order valence-electron chi connectivity index (χ3n) is 4.15. The lowest BCUT2D eigenvalue weighted by Crippen LogP contribution is -2.46. The van der Waals surface area contributed by atoms with Crippen molar-refractivity contribution in [3.8, 4) is 0 Å². The van der Waals surface area contributed by atoms with Crippen LogP contribution in [0.15, 0.2) is 24.3 Å². The summed E-state index contributed by atoms with van der Waals surface area (Å²) in [6, 6.07) is 7.33. The van der Waals surface area contributed by atoms with Crippen LogP contribution in [0.1, 0.15) is 22.3 Å². The van der Waals surface area contributed by atoms with E-state index < -0.39 is 0 Å². The van der Waals surface area contributed by atoms with Gasteiger partial charge in [0.15, 0.2) is 0 Å². The van der Waals surface area contributed by atoms with Crippen molar-refractivity contribution in [2.24, 2.45) is 5.92 Å². The quantitative estimate of drug-likeness (QED) is 0.781. The van der Waals surface area contributed by atoms with Gasteiger partial charge in [0.05, 0.1) is 5.92 Å². The van der Waals surface area contributed by atoms with Gasteiger partial charge < -0.3 is 10.2 Å². The van der Waals surface area contributed by atoms with Crippen LogP contribution in [0.5, 0.6) is 0 Å². The Kier molecular flexibility index (Phi) is 5.74. The monoisotopic (exact) mass is 337 g/mol. The first-order chi connectivity index (χ1) is 10.6. The standard InChI is InChI=1S/C16H19N3O3.ClH/c20-14-10-13(15(21)18-14)9-11-1-3-12(4-2-11)16(22)19-7-5-17-6-8-19;/h1-4,13,17H,5-10H2,(H,18,20,21);1H. The van der Waals surface area contributed by atoms with Crippen LogP contribution in [-0.4, -0.2) is 48.8 Å². The molecule has 3 amide bonds. The van der Waals surface area contributed by atoms with Gasteiger partial charge in [-0.15, -0.1) is 12.4 Å². The van der Waals surface area contributed by atoms with E-state index >= 15 is 0 Å². The van der Waals surface area contributed by atoms with Gasteiger partial charge in [-0.05, 0) is 24.1 Å². The largest absolute Gasteiger partial charge is 0.336 e. The van der Waals surface area contributed by atoms with Gasteiger partial charge in [0, 0.05) is 38.2 Å². The van der Waals surface area contributed by atoms with Crippen LogP contribution < -0.4 is 10.6 Å². The smallest absolute Gasteiger partial charge is 0.253 e. The van der Waals surface area contributed by atoms with E-state index in [2.05, 4.69) is 10.6 Å². The van der Waals surface area contributed by atoms with Crippen molar-refractivity contribution in [2.45, 2.75) is 12.8 Å². The number of hydrogen-bond acceptors (Lipinski definition) is 4. The number of halogens is 1. The van der Waals surface area contributed by atoms with Crippen LogP contribution in [0.25, 0.3) is 0 Å². The molecule has 2 N–H and O–H groups in total. The molecular formula is C16H20ClN3O3. The summed E-state index contributed by atoms with van der Waals surface area (Å²) in [5.74, 6) is -0.657. The molecule has 1 unspecified atom stereocenters. The molecule has 0 aromatic heterocycles. The maximum absolute atomic E-state index is 12.3. The predicted molar refractivity (Wildman–Crippen MR) is 87.4 cm³/mol. The topological polar surface area (TPSA) is 78.5 Å². The number of nitrogens with one attached hydrogen (secondary N) is 2. The van der Waals surface area contributed by atoms with Crippen molar-refractivity contribution >= 4 is 30.1 Å². The zero-order valence-electron chi connectivity index (χ0n) is 12.7. The molecule has 124 valence electrons. The van der Waals surface area contributed by atoms with Crippen LogP contribution >= 0.6 is 12.4 Å². The van der Waals surface area contributed by atoms with E-state index in [-0.39, 0.29) is 42.5 Å². The molecule has 2 saturated heterocycles. The van der Waals surface area contributed by atoms with Crippen LogP contribution in [-0.2, 0) is 16.0 Å². The van der Waals surface area contributed by atoms with Crippen molar-refractivity contribution < 1.29 is 14.4 Å². The Bertz CT molecular complexity index is 597. The molecule has 6 nitrogen and oxygen atoms in total.